The minimum atomic E-state index is 0.298. The fourth-order valence-electron chi connectivity index (χ4n) is 3.39. The SMILES string of the molecule is CCC(N)CN1CCC(c2nc3cc(C)cc(C)c3o2)CC1. The molecule has 1 aromatic carbocycles. The van der Waals surface area contributed by atoms with E-state index in [9.17, 15) is 0 Å². The maximum Gasteiger partial charge on any atom is 0.198 e. The summed E-state index contributed by atoms with van der Waals surface area (Å²) in [6.07, 6.45) is 3.27. The maximum absolute atomic E-state index is 6.08. The third kappa shape index (κ3) is 3.18. The van der Waals surface area contributed by atoms with E-state index in [0.29, 0.717) is 12.0 Å². The smallest absolute Gasteiger partial charge is 0.198 e. The molecule has 0 saturated carbocycles. The molecule has 4 heteroatoms. The first-order chi connectivity index (χ1) is 10.6. The molecule has 0 bridgehead atoms. The van der Waals surface area contributed by atoms with Crippen molar-refractivity contribution in [1.82, 2.24) is 9.88 Å². The van der Waals surface area contributed by atoms with Crippen molar-refractivity contribution in [1.29, 1.82) is 0 Å². The zero-order valence-corrected chi connectivity index (χ0v) is 13.9. The van der Waals surface area contributed by atoms with Crippen molar-refractivity contribution in [2.45, 2.75) is 52.0 Å². The summed E-state index contributed by atoms with van der Waals surface area (Å²) in [5, 5.41) is 0. The number of oxazole rings is 1. The molecule has 1 fully saturated rings. The van der Waals surface area contributed by atoms with Gasteiger partial charge in [0.1, 0.15) is 5.52 Å². The number of rotatable bonds is 4. The Morgan fingerprint density at radius 1 is 1.32 bits per heavy atom. The highest BCUT2D eigenvalue weighted by atomic mass is 16.3. The molecule has 1 saturated heterocycles. The van der Waals surface area contributed by atoms with Gasteiger partial charge in [0.05, 0.1) is 0 Å². The summed E-state index contributed by atoms with van der Waals surface area (Å²) in [6.45, 7) is 9.55. The lowest BCUT2D eigenvalue weighted by Gasteiger charge is -2.32. The lowest BCUT2D eigenvalue weighted by atomic mass is 9.96. The first-order valence-electron chi connectivity index (χ1n) is 8.42. The normalized spacial score (nSPS) is 18.9. The second-order valence-corrected chi connectivity index (χ2v) is 6.73. The molecule has 22 heavy (non-hydrogen) atoms. The van der Waals surface area contributed by atoms with Crippen LogP contribution in [0.4, 0.5) is 0 Å². The molecule has 1 aliphatic rings. The first kappa shape index (κ1) is 15.5. The third-order valence-electron chi connectivity index (χ3n) is 4.79. The van der Waals surface area contributed by atoms with Crippen molar-refractivity contribution in [3.05, 3.63) is 29.2 Å². The number of aryl methyl sites for hydroxylation is 2. The predicted molar refractivity (Wildman–Crippen MR) is 90.2 cm³/mol. The zero-order valence-electron chi connectivity index (χ0n) is 13.9. The Kier molecular flexibility index (Phi) is 4.50. The molecule has 1 atom stereocenters. The van der Waals surface area contributed by atoms with E-state index < -0.39 is 0 Å². The number of likely N-dealkylation sites (tertiary alicyclic amines) is 1. The van der Waals surface area contributed by atoms with E-state index in [0.717, 1.165) is 55.9 Å². The average Bonchev–Trinajstić information content (AvgIpc) is 2.92. The minimum absolute atomic E-state index is 0.298. The van der Waals surface area contributed by atoms with Crippen molar-refractivity contribution in [3.63, 3.8) is 0 Å². The van der Waals surface area contributed by atoms with Gasteiger partial charge in [0.25, 0.3) is 0 Å². The maximum atomic E-state index is 6.08. The van der Waals surface area contributed by atoms with Crippen LogP contribution in [0.2, 0.25) is 0 Å². The van der Waals surface area contributed by atoms with E-state index in [4.69, 9.17) is 15.1 Å². The molecule has 1 aromatic heterocycles. The lowest BCUT2D eigenvalue weighted by Crippen LogP contribution is -2.41. The predicted octanol–water partition coefficient (Wildman–Crippen LogP) is 3.36. The van der Waals surface area contributed by atoms with Crippen molar-refractivity contribution in [3.8, 4) is 0 Å². The molecule has 0 amide bonds. The van der Waals surface area contributed by atoms with Gasteiger partial charge in [-0.15, -0.1) is 0 Å². The topological polar surface area (TPSA) is 55.3 Å². The molecule has 0 radical (unpaired) electrons. The standard InChI is InChI=1S/C18H27N3O/c1-4-15(19)11-21-7-5-14(6-8-21)18-20-16-10-12(2)9-13(3)17(16)22-18/h9-10,14-15H,4-8,11,19H2,1-3H3. The highest BCUT2D eigenvalue weighted by Crippen LogP contribution is 2.31. The van der Waals surface area contributed by atoms with Crippen LogP contribution >= 0.6 is 0 Å². The van der Waals surface area contributed by atoms with Crippen LogP contribution in [0.25, 0.3) is 11.1 Å². The van der Waals surface area contributed by atoms with Crippen LogP contribution in [0.3, 0.4) is 0 Å². The summed E-state index contributed by atoms with van der Waals surface area (Å²) in [7, 11) is 0. The van der Waals surface area contributed by atoms with Gasteiger partial charge in [0.2, 0.25) is 0 Å². The summed E-state index contributed by atoms with van der Waals surface area (Å²) >= 11 is 0. The van der Waals surface area contributed by atoms with Crippen LogP contribution in [-0.4, -0.2) is 35.6 Å². The zero-order chi connectivity index (χ0) is 15.7. The van der Waals surface area contributed by atoms with Gasteiger partial charge in [-0.2, -0.15) is 0 Å². The van der Waals surface area contributed by atoms with E-state index in [1.54, 1.807) is 0 Å². The Labute approximate surface area is 132 Å². The number of piperidine rings is 1. The molecular weight excluding hydrogens is 274 g/mol. The van der Waals surface area contributed by atoms with Crippen LogP contribution in [0.1, 0.15) is 49.1 Å². The van der Waals surface area contributed by atoms with Gasteiger partial charge in [-0.25, -0.2) is 4.98 Å². The molecule has 0 spiro atoms. The fraction of sp³-hybridized carbons (Fsp3) is 0.611. The van der Waals surface area contributed by atoms with E-state index in [1.165, 1.54) is 11.1 Å². The summed E-state index contributed by atoms with van der Waals surface area (Å²) < 4.78 is 6.08. The minimum Gasteiger partial charge on any atom is -0.440 e. The van der Waals surface area contributed by atoms with Crippen molar-refractivity contribution in [2.75, 3.05) is 19.6 Å². The summed E-state index contributed by atoms with van der Waals surface area (Å²) in [5.74, 6) is 1.37. The summed E-state index contributed by atoms with van der Waals surface area (Å²) in [4.78, 5) is 7.23. The third-order valence-corrected chi connectivity index (χ3v) is 4.79. The van der Waals surface area contributed by atoms with Crippen LogP contribution in [0, 0.1) is 13.8 Å². The molecule has 120 valence electrons. The van der Waals surface area contributed by atoms with Crippen LogP contribution < -0.4 is 5.73 Å². The number of nitrogens with zero attached hydrogens (tertiary/aromatic N) is 2. The quantitative estimate of drug-likeness (QED) is 0.941. The Balaban J connectivity index is 1.70. The Hall–Kier alpha value is -1.39. The largest absolute Gasteiger partial charge is 0.440 e. The van der Waals surface area contributed by atoms with Crippen molar-refractivity contribution in [2.24, 2.45) is 5.73 Å². The number of aromatic nitrogens is 1. The van der Waals surface area contributed by atoms with Gasteiger partial charge >= 0.3 is 0 Å². The second-order valence-electron chi connectivity index (χ2n) is 6.73. The van der Waals surface area contributed by atoms with E-state index in [1.807, 2.05) is 0 Å². The van der Waals surface area contributed by atoms with Crippen LogP contribution in [0.5, 0.6) is 0 Å². The van der Waals surface area contributed by atoms with Crippen LogP contribution in [-0.2, 0) is 0 Å². The van der Waals surface area contributed by atoms with Gasteiger partial charge in [-0.05, 0) is 63.4 Å². The molecule has 1 aliphatic heterocycles. The Morgan fingerprint density at radius 3 is 2.73 bits per heavy atom. The molecule has 0 aliphatic carbocycles. The fourth-order valence-corrected chi connectivity index (χ4v) is 3.39. The van der Waals surface area contributed by atoms with Gasteiger partial charge in [-0.1, -0.05) is 13.0 Å². The van der Waals surface area contributed by atoms with E-state index in [-0.39, 0.29) is 0 Å². The van der Waals surface area contributed by atoms with Gasteiger partial charge in [0, 0.05) is 18.5 Å². The second kappa shape index (κ2) is 6.39. The van der Waals surface area contributed by atoms with E-state index >= 15 is 0 Å². The average molecular weight is 301 g/mol. The molecule has 2 N–H and O–H groups in total. The first-order valence-corrected chi connectivity index (χ1v) is 8.42. The van der Waals surface area contributed by atoms with Crippen molar-refractivity contribution >= 4 is 11.1 Å². The van der Waals surface area contributed by atoms with E-state index in [2.05, 4.69) is 37.8 Å². The molecule has 2 aromatic rings. The highest BCUT2D eigenvalue weighted by Gasteiger charge is 2.25. The monoisotopic (exact) mass is 301 g/mol. The van der Waals surface area contributed by atoms with Gasteiger partial charge < -0.3 is 15.1 Å². The molecule has 2 heterocycles. The Morgan fingerprint density at radius 2 is 2.05 bits per heavy atom. The number of fused-ring (bicyclic) bond motifs is 1. The highest BCUT2D eigenvalue weighted by molar-refractivity contribution is 5.77. The summed E-state index contributed by atoms with van der Waals surface area (Å²) in [6, 6.07) is 4.57. The van der Waals surface area contributed by atoms with Gasteiger partial charge in [-0.3, -0.25) is 0 Å². The molecular formula is C18H27N3O. The van der Waals surface area contributed by atoms with Crippen molar-refractivity contribution < 1.29 is 4.42 Å². The number of nitrogens with two attached hydrogens (primary N) is 1. The van der Waals surface area contributed by atoms with Crippen LogP contribution in [0.15, 0.2) is 16.5 Å². The molecule has 4 nitrogen and oxygen atoms in total. The molecule has 3 rings (SSSR count). The number of hydrogen-bond donors (Lipinski definition) is 1. The number of benzene rings is 1. The summed E-state index contributed by atoms with van der Waals surface area (Å²) in [5.41, 5.74) is 10.4. The van der Waals surface area contributed by atoms with Gasteiger partial charge in [0.15, 0.2) is 11.5 Å². The Bertz CT molecular complexity index is 641. The molecule has 1 unspecified atom stereocenters. The number of hydrogen-bond acceptors (Lipinski definition) is 4. The lowest BCUT2D eigenvalue weighted by molar-refractivity contribution is 0.190.